The van der Waals surface area contributed by atoms with Gasteiger partial charge in [0.15, 0.2) is 0 Å². The van der Waals surface area contributed by atoms with Crippen LogP contribution in [0.4, 0.5) is 0 Å². The zero-order valence-corrected chi connectivity index (χ0v) is 19.2. The lowest BCUT2D eigenvalue weighted by Crippen LogP contribution is -2.25. The number of benzene rings is 1. The van der Waals surface area contributed by atoms with E-state index in [0.717, 1.165) is 24.0 Å². The van der Waals surface area contributed by atoms with Crippen LogP contribution in [0.2, 0.25) is 0 Å². The molecule has 0 saturated heterocycles. The van der Waals surface area contributed by atoms with E-state index in [4.69, 9.17) is 18.4 Å². The van der Waals surface area contributed by atoms with Gasteiger partial charge in [0.2, 0.25) is 13.1 Å². The minimum atomic E-state index is -0.693. The maximum Gasteiger partial charge on any atom is 0.216 e. The first kappa shape index (κ1) is 26.4. The molecular formula is C26H27N5S. The molecule has 0 bridgehead atoms. The molecule has 0 fully saturated rings. The third-order valence-electron chi connectivity index (χ3n) is 5.47. The molecule has 0 saturated carbocycles. The number of hydrogen-bond donors (Lipinski definition) is 0. The van der Waals surface area contributed by atoms with Crippen LogP contribution in [0.3, 0.4) is 0 Å². The molecule has 1 heterocycles. The van der Waals surface area contributed by atoms with E-state index in [0.29, 0.717) is 38.8 Å². The third-order valence-corrected chi connectivity index (χ3v) is 6.15. The van der Waals surface area contributed by atoms with E-state index in [1.165, 1.54) is 0 Å². The number of hydrogen-bond acceptors (Lipinski definition) is 4. The Bertz CT molecular complexity index is 992. The Morgan fingerprint density at radius 2 is 1.44 bits per heavy atom. The van der Waals surface area contributed by atoms with Gasteiger partial charge in [-0.05, 0) is 40.8 Å². The van der Waals surface area contributed by atoms with Crippen LogP contribution in [0.5, 0.6) is 0 Å². The molecule has 2 unspecified atom stereocenters. The van der Waals surface area contributed by atoms with Crippen LogP contribution >= 0.6 is 11.3 Å². The van der Waals surface area contributed by atoms with Crippen molar-refractivity contribution < 1.29 is 0 Å². The summed E-state index contributed by atoms with van der Waals surface area (Å²) in [5, 5.41) is 31.5. The quantitative estimate of drug-likeness (QED) is 0.386. The first-order chi connectivity index (χ1) is 15.6. The zero-order valence-electron chi connectivity index (χ0n) is 18.4. The Hall–Kier alpha value is -3.63. The van der Waals surface area contributed by atoms with Gasteiger partial charge < -0.3 is 9.69 Å². The molecule has 0 aliphatic carbocycles. The minimum absolute atomic E-state index is 0.313. The second kappa shape index (κ2) is 14.4. The van der Waals surface area contributed by atoms with Crippen LogP contribution in [0.15, 0.2) is 47.2 Å². The first-order valence-corrected chi connectivity index (χ1v) is 11.5. The molecule has 0 aliphatic rings. The number of nitriles is 3. The normalized spacial score (nSPS) is 13.2. The maximum absolute atomic E-state index is 9.42. The topological polar surface area (TPSA) is 80.1 Å². The van der Waals surface area contributed by atoms with Gasteiger partial charge in [0, 0.05) is 19.3 Å². The van der Waals surface area contributed by atoms with E-state index in [1.807, 2.05) is 47.2 Å². The molecule has 0 N–H and O–H groups in total. The van der Waals surface area contributed by atoms with Crippen molar-refractivity contribution in [2.45, 2.75) is 56.3 Å². The van der Waals surface area contributed by atoms with Gasteiger partial charge in [-0.15, -0.1) is 0 Å². The van der Waals surface area contributed by atoms with Gasteiger partial charge in [0.1, 0.15) is 0 Å². The molecule has 0 amide bonds. The smallest absolute Gasteiger partial charge is 0.216 e. The average molecular weight is 442 g/mol. The van der Waals surface area contributed by atoms with Crippen molar-refractivity contribution in [3.05, 3.63) is 81.1 Å². The summed E-state index contributed by atoms with van der Waals surface area (Å²) in [6, 6.07) is 18.2. The van der Waals surface area contributed by atoms with Gasteiger partial charge in [-0.2, -0.15) is 27.1 Å². The molecule has 5 nitrogen and oxygen atoms in total. The fraction of sp³-hybridized carbons (Fsp3) is 0.423. The monoisotopic (exact) mass is 441 g/mol. The Balaban J connectivity index is 0.000000323. The van der Waals surface area contributed by atoms with E-state index < -0.39 is 10.8 Å². The van der Waals surface area contributed by atoms with E-state index in [9.17, 15) is 10.5 Å². The summed E-state index contributed by atoms with van der Waals surface area (Å²) in [6.45, 7) is 16.5. The van der Waals surface area contributed by atoms with Gasteiger partial charge >= 0.3 is 0 Å². The van der Waals surface area contributed by atoms with E-state index in [2.05, 4.69) is 34.8 Å². The fourth-order valence-electron chi connectivity index (χ4n) is 3.66. The number of rotatable bonds is 10. The van der Waals surface area contributed by atoms with Crippen LogP contribution in [0.1, 0.15) is 56.6 Å². The Morgan fingerprint density at radius 1 is 0.844 bits per heavy atom. The zero-order chi connectivity index (χ0) is 23.7. The lowest BCUT2D eigenvalue weighted by atomic mass is 9.75. The van der Waals surface area contributed by atoms with Gasteiger partial charge in [-0.3, -0.25) is 0 Å². The molecule has 2 aromatic rings. The molecule has 0 aliphatic heterocycles. The minimum Gasteiger partial charge on any atom is -0.317 e. The van der Waals surface area contributed by atoms with E-state index in [-0.39, 0.29) is 0 Å². The predicted molar refractivity (Wildman–Crippen MR) is 127 cm³/mol. The van der Waals surface area contributed by atoms with E-state index >= 15 is 0 Å². The van der Waals surface area contributed by atoms with Crippen LogP contribution in [0.25, 0.3) is 9.69 Å². The maximum atomic E-state index is 9.42. The lowest BCUT2D eigenvalue weighted by Gasteiger charge is -2.24. The molecule has 162 valence electrons. The predicted octanol–water partition coefficient (Wildman–Crippen LogP) is 6.68. The summed E-state index contributed by atoms with van der Waals surface area (Å²) < 4.78 is 0. The van der Waals surface area contributed by atoms with Crippen molar-refractivity contribution >= 4 is 11.3 Å². The molecule has 2 rings (SSSR count). The average Bonchev–Trinajstić information content (AvgIpc) is 3.39. The third kappa shape index (κ3) is 7.25. The van der Waals surface area contributed by atoms with Gasteiger partial charge in [0.05, 0.1) is 29.0 Å². The molecule has 2 atom stereocenters. The summed E-state index contributed by atoms with van der Waals surface area (Å²) in [5.41, 5.74) is 0.864. The van der Waals surface area contributed by atoms with Crippen LogP contribution in [-0.4, -0.2) is 13.1 Å². The largest absolute Gasteiger partial charge is 0.317 e. The molecule has 1 aromatic heterocycles. The molecule has 6 heteroatoms. The summed E-state index contributed by atoms with van der Waals surface area (Å²) in [7, 11) is 0. The SMILES string of the molecule is [C-]#[N+]CCC(C#N)(CCC#N)c1ccccc1.[C-]#[N+]CCC(C#N)(CCC)c1ccsc1. The van der Waals surface area contributed by atoms with Crippen molar-refractivity contribution in [2.75, 3.05) is 13.1 Å². The van der Waals surface area contributed by atoms with Crippen LogP contribution in [-0.2, 0) is 10.8 Å². The van der Waals surface area contributed by atoms with Crippen molar-refractivity contribution in [3.63, 3.8) is 0 Å². The van der Waals surface area contributed by atoms with Crippen LogP contribution < -0.4 is 0 Å². The van der Waals surface area contributed by atoms with Crippen LogP contribution in [0, 0.1) is 47.1 Å². The summed E-state index contributed by atoms with van der Waals surface area (Å²) in [4.78, 5) is 6.68. The molecule has 1 aromatic carbocycles. The second-order valence-corrected chi connectivity index (χ2v) is 8.22. The first-order valence-electron chi connectivity index (χ1n) is 10.5. The number of thiophene rings is 1. The Kier molecular flexibility index (Phi) is 11.9. The Morgan fingerprint density at radius 3 is 1.88 bits per heavy atom. The molecule has 0 radical (unpaired) electrons. The van der Waals surface area contributed by atoms with Gasteiger partial charge in [0.25, 0.3) is 0 Å². The van der Waals surface area contributed by atoms with Crippen molar-refractivity contribution in [1.82, 2.24) is 0 Å². The van der Waals surface area contributed by atoms with Crippen molar-refractivity contribution in [2.24, 2.45) is 0 Å². The number of nitrogens with zero attached hydrogens (tertiary/aromatic N) is 5. The fourth-order valence-corrected chi connectivity index (χ4v) is 4.42. The molecular weight excluding hydrogens is 414 g/mol. The van der Waals surface area contributed by atoms with Gasteiger partial charge in [-0.1, -0.05) is 43.7 Å². The molecule has 32 heavy (non-hydrogen) atoms. The lowest BCUT2D eigenvalue weighted by molar-refractivity contribution is 0.476. The van der Waals surface area contributed by atoms with E-state index in [1.54, 1.807) is 11.3 Å². The summed E-state index contributed by atoms with van der Waals surface area (Å²) in [5.74, 6) is 0. The second-order valence-electron chi connectivity index (χ2n) is 7.44. The highest BCUT2D eigenvalue weighted by Gasteiger charge is 2.33. The highest BCUT2D eigenvalue weighted by atomic mass is 32.1. The van der Waals surface area contributed by atoms with Gasteiger partial charge in [-0.25, -0.2) is 13.1 Å². The standard InChI is InChI=1S/C14H13N3.C12H14N2S/c1-17-11-9-14(12-16,8-5-10-15)13-6-3-2-4-7-13;1-3-5-12(10-13,6-7-14-2)11-4-8-15-9-11/h2-4,6-7H,5,8-9,11H2;4,8-9H,3,5-7H2,1H3. The highest BCUT2D eigenvalue weighted by Crippen LogP contribution is 2.34. The summed E-state index contributed by atoms with van der Waals surface area (Å²) >= 11 is 1.61. The molecule has 0 spiro atoms. The Labute approximate surface area is 195 Å². The highest BCUT2D eigenvalue weighted by molar-refractivity contribution is 7.08. The summed E-state index contributed by atoms with van der Waals surface area (Å²) in [6.07, 6.45) is 3.77. The van der Waals surface area contributed by atoms with Crippen molar-refractivity contribution in [1.29, 1.82) is 15.8 Å². The van der Waals surface area contributed by atoms with Crippen molar-refractivity contribution in [3.8, 4) is 18.2 Å².